The van der Waals surface area contributed by atoms with Crippen molar-refractivity contribution in [3.8, 4) is 0 Å². The monoisotopic (exact) mass is 328 g/mol. The second-order valence-corrected chi connectivity index (χ2v) is 5.93. The van der Waals surface area contributed by atoms with Crippen LogP contribution in [0.5, 0.6) is 0 Å². The van der Waals surface area contributed by atoms with Gasteiger partial charge in [-0.2, -0.15) is 0 Å². The number of pyridine rings is 1. The number of imidazole rings is 2. The summed E-state index contributed by atoms with van der Waals surface area (Å²) >= 11 is 0. The van der Waals surface area contributed by atoms with Gasteiger partial charge in [0, 0.05) is 31.7 Å². The number of hydrogen-bond donors (Lipinski definition) is 2. The second-order valence-electron chi connectivity index (χ2n) is 5.93. The maximum Gasteiger partial charge on any atom is 0.253 e. The van der Waals surface area contributed by atoms with Gasteiger partial charge in [-0.15, -0.1) is 0 Å². The highest BCUT2D eigenvalue weighted by molar-refractivity contribution is 5.96. The number of nitrogens with zero attached hydrogens (tertiary/aromatic N) is 5. The summed E-state index contributed by atoms with van der Waals surface area (Å²) in [6, 6.07) is 1.94. The highest BCUT2D eigenvalue weighted by atomic mass is 16.3. The van der Waals surface area contributed by atoms with Crippen LogP contribution in [-0.4, -0.2) is 41.6 Å². The number of hydrogen-bond acceptors (Lipinski definition) is 5. The van der Waals surface area contributed by atoms with Gasteiger partial charge in [0.15, 0.2) is 5.65 Å². The largest absolute Gasteiger partial charge is 0.383 e. The van der Waals surface area contributed by atoms with Crippen LogP contribution in [0.1, 0.15) is 42.2 Å². The first kappa shape index (κ1) is 16.1. The van der Waals surface area contributed by atoms with E-state index in [9.17, 15) is 9.90 Å². The Morgan fingerprint density at radius 2 is 2.12 bits per heavy atom. The van der Waals surface area contributed by atoms with Gasteiger partial charge in [-0.25, -0.2) is 15.0 Å². The molecule has 3 rings (SSSR count). The van der Waals surface area contributed by atoms with Crippen LogP contribution in [0.25, 0.3) is 11.2 Å². The van der Waals surface area contributed by atoms with Crippen molar-refractivity contribution in [3.63, 3.8) is 0 Å². The van der Waals surface area contributed by atoms with Crippen LogP contribution in [0, 0.1) is 0 Å². The Bertz CT molecular complexity index is 866. The maximum absolute atomic E-state index is 12.3. The average Bonchev–Trinajstić information content (AvgIpc) is 3.17. The van der Waals surface area contributed by atoms with Gasteiger partial charge in [0.25, 0.3) is 5.91 Å². The first-order valence-corrected chi connectivity index (χ1v) is 7.73. The molecule has 0 saturated heterocycles. The fourth-order valence-corrected chi connectivity index (χ4v) is 2.50. The minimum Gasteiger partial charge on any atom is -0.383 e. The van der Waals surface area contributed by atoms with E-state index in [2.05, 4.69) is 20.3 Å². The lowest BCUT2D eigenvalue weighted by Crippen LogP contribution is -2.29. The number of nitrogens with one attached hydrogen (secondary N) is 1. The predicted molar refractivity (Wildman–Crippen MR) is 88.4 cm³/mol. The molecule has 1 unspecified atom stereocenters. The van der Waals surface area contributed by atoms with Gasteiger partial charge in [-0.3, -0.25) is 4.79 Å². The zero-order chi connectivity index (χ0) is 17.3. The average molecular weight is 328 g/mol. The van der Waals surface area contributed by atoms with Crippen LogP contribution in [0.3, 0.4) is 0 Å². The molecule has 0 fully saturated rings. The molecule has 2 N–H and O–H groups in total. The number of fused-ring (bicyclic) bond motifs is 1. The van der Waals surface area contributed by atoms with Crippen LogP contribution in [0.2, 0.25) is 0 Å². The van der Waals surface area contributed by atoms with Crippen molar-refractivity contribution in [2.45, 2.75) is 26.0 Å². The molecule has 1 amide bonds. The number of carbonyl (C=O) groups excluding carboxylic acids is 1. The third-order valence-corrected chi connectivity index (χ3v) is 3.84. The predicted octanol–water partition coefficient (Wildman–Crippen LogP) is 1.21. The van der Waals surface area contributed by atoms with Crippen LogP contribution in [-0.2, 0) is 7.05 Å². The van der Waals surface area contributed by atoms with Crippen LogP contribution < -0.4 is 5.32 Å². The highest BCUT2D eigenvalue weighted by Gasteiger charge is 2.16. The van der Waals surface area contributed by atoms with Crippen LogP contribution in [0.4, 0.5) is 0 Å². The van der Waals surface area contributed by atoms with Crippen LogP contribution >= 0.6 is 0 Å². The summed E-state index contributed by atoms with van der Waals surface area (Å²) in [6.45, 7) is 4.16. The Hall–Kier alpha value is -2.74. The molecule has 8 nitrogen and oxygen atoms in total. The third-order valence-electron chi connectivity index (χ3n) is 3.84. The summed E-state index contributed by atoms with van der Waals surface area (Å²) in [7, 11) is 1.79. The number of aliphatic hydroxyl groups excluding tert-OH is 1. The minimum atomic E-state index is -0.870. The minimum absolute atomic E-state index is 0.0716. The van der Waals surface area contributed by atoms with Gasteiger partial charge < -0.3 is 19.6 Å². The number of aromatic nitrogens is 5. The third kappa shape index (κ3) is 3.00. The Kier molecular flexibility index (Phi) is 4.30. The van der Waals surface area contributed by atoms with Gasteiger partial charge in [0.05, 0.1) is 18.4 Å². The van der Waals surface area contributed by atoms with Crippen LogP contribution in [0.15, 0.2) is 31.0 Å². The van der Waals surface area contributed by atoms with E-state index in [-0.39, 0.29) is 18.5 Å². The van der Waals surface area contributed by atoms with E-state index in [1.54, 1.807) is 36.4 Å². The van der Waals surface area contributed by atoms with Crippen molar-refractivity contribution in [2.24, 2.45) is 7.05 Å². The summed E-state index contributed by atoms with van der Waals surface area (Å²) in [5.74, 6) is 0.191. The summed E-state index contributed by atoms with van der Waals surface area (Å²) in [6.07, 6.45) is 5.71. The van der Waals surface area contributed by atoms with E-state index < -0.39 is 6.10 Å². The lowest BCUT2D eigenvalue weighted by molar-refractivity contribution is 0.0909. The van der Waals surface area contributed by atoms with Crippen molar-refractivity contribution in [1.82, 2.24) is 29.4 Å². The Labute approximate surface area is 139 Å². The number of amides is 1. The molecule has 0 radical (unpaired) electrons. The molecular weight excluding hydrogens is 308 g/mol. The highest BCUT2D eigenvalue weighted by Crippen LogP contribution is 2.16. The van der Waals surface area contributed by atoms with E-state index in [0.717, 1.165) is 5.65 Å². The summed E-state index contributed by atoms with van der Waals surface area (Å²) in [5, 5.41) is 12.8. The topological polar surface area (TPSA) is 97.9 Å². The molecule has 3 aromatic rings. The molecule has 3 aromatic heterocycles. The lowest BCUT2D eigenvalue weighted by Gasteiger charge is -2.12. The van der Waals surface area contributed by atoms with Gasteiger partial charge in [0.1, 0.15) is 17.4 Å². The van der Waals surface area contributed by atoms with Gasteiger partial charge in [0.2, 0.25) is 0 Å². The fourth-order valence-electron chi connectivity index (χ4n) is 2.50. The molecule has 24 heavy (non-hydrogen) atoms. The molecule has 0 aliphatic rings. The molecule has 0 spiro atoms. The molecule has 0 aliphatic carbocycles. The summed E-state index contributed by atoms with van der Waals surface area (Å²) < 4.78 is 3.66. The van der Waals surface area contributed by atoms with E-state index in [1.165, 1.54) is 6.20 Å². The van der Waals surface area contributed by atoms with Crippen molar-refractivity contribution >= 4 is 17.1 Å². The smallest absolute Gasteiger partial charge is 0.253 e. The van der Waals surface area contributed by atoms with E-state index in [1.807, 2.05) is 18.4 Å². The van der Waals surface area contributed by atoms with Crippen molar-refractivity contribution < 1.29 is 9.90 Å². The molecule has 0 aromatic carbocycles. The maximum atomic E-state index is 12.3. The first-order chi connectivity index (χ1) is 11.5. The Morgan fingerprint density at radius 1 is 1.33 bits per heavy atom. The Balaban J connectivity index is 1.71. The molecule has 126 valence electrons. The molecule has 8 heteroatoms. The quantitative estimate of drug-likeness (QED) is 0.733. The number of carbonyl (C=O) groups is 1. The molecule has 1 atom stereocenters. The molecular formula is C16H20N6O2. The standard InChI is InChI=1S/C16H20N6O2/c1-10(2)22-9-20-12-6-11(7-18-14(12)22)16(24)19-8-13(23)15-17-4-5-21(15)3/h4-7,9-10,13,23H,8H2,1-3H3,(H,19,24). The van der Waals surface area contributed by atoms with Gasteiger partial charge in [-0.05, 0) is 19.9 Å². The van der Waals surface area contributed by atoms with Crippen molar-refractivity contribution in [1.29, 1.82) is 0 Å². The van der Waals surface area contributed by atoms with Crippen molar-refractivity contribution in [3.05, 3.63) is 42.4 Å². The van der Waals surface area contributed by atoms with E-state index in [4.69, 9.17) is 0 Å². The lowest BCUT2D eigenvalue weighted by atomic mass is 10.2. The summed E-state index contributed by atoms with van der Waals surface area (Å²) in [4.78, 5) is 25.0. The van der Waals surface area contributed by atoms with E-state index >= 15 is 0 Å². The number of rotatable bonds is 5. The normalized spacial score (nSPS) is 12.7. The fraction of sp³-hybridized carbons (Fsp3) is 0.375. The number of aliphatic hydroxyl groups is 1. The first-order valence-electron chi connectivity index (χ1n) is 7.73. The molecule has 0 saturated carbocycles. The molecule has 3 heterocycles. The number of aryl methyl sites for hydroxylation is 1. The van der Waals surface area contributed by atoms with Gasteiger partial charge >= 0.3 is 0 Å². The molecule has 0 aliphatic heterocycles. The zero-order valence-electron chi connectivity index (χ0n) is 13.8. The molecule has 0 bridgehead atoms. The Morgan fingerprint density at radius 3 is 2.79 bits per heavy atom. The van der Waals surface area contributed by atoms with E-state index in [0.29, 0.717) is 16.9 Å². The SMILES string of the molecule is CC(C)n1cnc2cc(C(=O)NCC(O)c3nccn3C)cnc21. The van der Waals surface area contributed by atoms with Gasteiger partial charge in [-0.1, -0.05) is 0 Å². The second kappa shape index (κ2) is 6.40. The zero-order valence-corrected chi connectivity index (χ0v) is 13.8. The van der Waals surface area contributed by atoms with Crippen molar-refractivity contribution in [2.75, 3.05) is 6.54 Å². The summed E-state index contributed by atoms with van der Waals surface area (Å²) in [5.41, 5.74) is 1.82.